The van der Waals surface area contributed by atoms with Gasteiger partial charge in [0.15, 0.2) is 0 Å². The van der Waals surface area contributed by atoms with Gasteiger partial charge in [0.25, 0.3) is 0 Å². The second-order valence-electron chi connectivity index (χ2n) is 4.04. The molecule has 0 spiro atoms. The molecule has 2 heterocycles. The molecule has 2 atom stereocenters. The standard InChI is InChI=1S/C12H19N3/c1-2-13-10-6-8-15-12(9-10)11-5-3-4-7-14-11/h3-5,7,10,12-13,15H,2,6,8-9H2,1H3. The number of hydrogen-bond donors (Lipinski definition) is 2. The predicted molar refractivity (Wildman–Crippen MR) is 61.7 cm³/mol. The topological polar surface area (TPSA) is 37.0 Å². The van der Waals surface area contributed by atoms with Gasteiger partial charge in [-0.05, 0) is 38.1 Å². The summed E-state index contributed by atoms with van der Waals surface area (Å²) in [6, 6.07) is 7.19. The quantitative estimate of drug-likeness (QED) is 0.785. The van der Waals surface area contributed by atoms with Gasteiger partial charge in [-0.1, -0.05) is 13.0 Å². The monoisotopic (exact) mass is 205 g/mol. The first-order valence-corrected chi connectivity index (χ1v) is 5.78. The highest BCUT2D eigenvalue weighted by Crippen LogP contribution is 2.21. The maximum atomic E-state index is 4.41. The van der Waals surface area contributed by atoms with Crippen molar-refractivity contribution in [1.29, 1.82) is 0 Å². The Morgan fingerprint density at radius 2 is 2.47 bits per heavy atom. The van der Waals surface area contributed by atoms with Gasteiger partial charge in [-0.15, -0.1) is 0 Å². The highest BCUT2D eigenvalue weighted by Gasteiger charge is 2.22. The molecule has 1 saturated heterocycles. The summed E-state index contributed by atoms with van der Waals surface area (Å²) in [7, 11) is 0. The molecule has 15 heavy (non-hydrogen) atoms. The molecule has 0 amide bonds. The highest BCUT2D eigenvalue weighted by atomic mass is 15.0. The van der Waals surface area contributed by atoms with Gasteiger partial charge < -0.3 is 10.6 Å². The average Bonchev–Trinajstić information content (AvgIpc) is 2.31. The fourth-order valence-corrected chi connectivity index (χ4v) is 2.20. The first-order valence-electron chi connectivity index (χ1n) is 5.78. The SMILES string of the molecule is CCNC1CCNC(c2ccccn2)C1. The number of hydrogen-bond acceptors (Lipinski definition) is 3. The molecule has 0 radical (unpaired) electrons. The van der Waals surface area contributed by atoms with Crippen LogP contribution in [0.3, 0.4) is 0 Å². The van der Waals surface area contributed by atoms with Crippen molar-refractivity contribution in [2.45, 2.75) is 31.8 Å². The summed E-state index contributed by atoms with van der Waals surface area (Å²) >= 11 is 0. The molecule has 1 aromatic heterocycles. The number of nitrogens with one attached hydrogen (secondary N) is 2. The Kier molecular flexibility index (Phi) is 3.69. The third kappa shape index (κ3) is 2.76. The lowest BCUT2D eigenvalue weighted by molar-refractivity contribution is 0.323. The van der Waals surface area contributed by atoms with Crippen LogP contribution in [0.25, 0.3) is 0 Å². The Morgan fingerprint density at radius 3 is 3.20 bits per heavy atom. The van der Waals surface area contributed by atoms with Crippen LogP contribution in [0.4, 0.5) is 0 Å². The van der Waals surface area contributed by atoms with Crippen molar-refractivity contribution in [3.63, 3.8) is 0 Å². The van der Waals surface area contributed by atoms with Crippen molar-refractivity contribution < 1.29 is 0 Å². The molecule has 3 nitrogen and oxygen atoms in total. The Labute approximate surface area is 91.3 Å². The number of pyridine rings is 1. The van der Waals surface area contributed by atoms with Crippen LogP contribution in [0.15, 0.2) is 24.4 Å². The zero-order valence-electron chi connectivity index (χ0n) is 9.24. The normalized spacial score (nSPS) is 26.5. The molecule has 1 aliphatic rings. The van der Waals surface area contributed by atoms with Crippen LogP contribution in [-0.2, 0) is 0 Å². The van der Waals surface area contributed by atoms with Gasteiger partial charge in [-0.25, -0.2) is 0 Å². The fraction of sp³-hybridized carbons (Fsp3) is 0.583. The van der Waals surface area contributed by atoms with Crippen molar-refractivity contribution >= 4 is 0 Å². The number of nitrogens with zero attached hydrogens (tertiary/aromatic N) is 1. The predicted octanol–water partition coefficient (Wildman–Crippen LogP) is 1.48. The molecule has 2 unspecified atom stereocenters. The summed E-state index contributed by atoms with van der Waals surface area (Å²) in [5.41, 5.74) is 1.17. The van der Waals surface area contributed by atoms with E-state index in [2.05, 4.69) is 34.7 Å². The molecule has 1 fully saturated rings. The van der Waals surface area contributed by atoms with Crippen LogP contribution in [0.5, 0.6) is 0 Å². The molecule has 0 saturated carbocycles. The van der Waals surface area contributed by atoms with E-state index in [9.17, 15) is 0 Å². The van der Waals surface area contributed by atoms with Crippen molar-refractivity contribution in [2.24, 2.45) is 0 Å². The lowest BCUT2D eigenvalue weighted by atomic mass is 9.97. The number of rotatable bonds is 3. The van der Waals surface area contributed by atoms with Crippen LogP contribution in [0.2, 0.25) is 0 Å². The van der Waals surface area contributed by atoms with Gasteiger partial charge in [-0.2, -0.15) is 0 Å². The fourth-order valence-electron chi connectivity index (χ4n) is 2.20. The van der Waals surface area contributed by atoms with Gasteiger partial charge in [0.2, 0.25) is 0 Å². The van der Waals surface area contributed by atoms with E-state index in [0.29, 0.717) is 12.1 Å². The molecular weight excluding hydrogens is 186 g/mol. The maximum absolute atomic E-state index is 4.41. The lowest BCUT2D eigenvalue weighted by Crippen LogP contribution is -2.41. The van der Waals surface area contributed by atoms with Crippen LogP contribution < -0.4 is 10.6 Å². The van der Waals surface area contributed by atoms with E-state index >= 15 is 0 Å². The van der Waals surface area contributed by atoms with Gasteiger partial charge in [-0.3, -0.25) is 4.98 Å². The number of aromatic nitrogens is 1. The van der Waals surface area contributed by atoms with Crippen LogP contribution >= 0.6 is 0 Å². The zero-order valence-corrected chi connectivity index (χ0v) is 9.24. The summed E-state index contributed by atoms with van der Waals surface area (Å²) in [5.74, 6) is 0. The largest absolute Gasteiger partial charge is 0.314 e. The summed E-state index contributed by atoms with van der Waals surface area (Å²) in [4.78, 5) is 4.41. The molecular formula is C12H19N3. The summed E-state index contributed by atoms with van der Waals surface area (Å²) < 4.78 is 0. The molecule has 3 heteroatoms. The summed E-state index contributed by atoms with van der Waals surface area (Å²) in [6.07, 6.45) is 4.23. The lowest BCUT2D eigenvalue weighted by Gasteiger charge is -2.30. The van der Waals surface area contributed by atoms with E-state index in [1.807, 2.05) is 12.3 Å². The van der Waals surface area contributed by atoms with Gasteiger partial charge in [0, 0.05) is 12.2 Å². The highest BCUT2D eigenvalue weighted by molar-refractivity contribution is 5.10. The van der Waals surface area contributed by atoms with E-state index in [1.165, 1.54) is 12.1 Å². The van der Waals surface area contributed by atoms with Crippen LogP contribution in [0.1, 0.15) is 31.5 Å². The first-order chi connectivity index (χ1) is 7.40. The van der Waals surface area contributed by atoms with E-state index < -0.39 is 0 Å². The Morgan fingerprint density at radius 1 is 1.53 bits per heavy atom. The molecule has 82 valence electrons. The summed E-state index contributed by atoms with van der Waals surface area (Å²) in [6.45, 7) is 4.30. The third-order valence-corrected chi connectivity index (χ3v) is 2.94. The molecule has 1 aromatic rings. The molecule has 2 rings (SSSR count). The van der Waals surface area contributed by atoms with Crippen molar-refractivity contribution in [3.05, 3.63) is 30.1 Å². The van der Waals surface area contributed by atoms with E-state index in [4.69, 9.17) is 0 Å². The number of piperidine rings is 1. The second-order valence-corrected chi connectivity index (χ2v) is 4.04. The van der Waals surface area contributed by atoms with E-state index in [-0.39, 0.29) is 0 Å². The average molecular weight is 205 g/mol. The Hall–Kier alpha value is -0.930. The smallest absolute Gasteiger partial charge is 0.0573 e. The minimum absolute atomic E-state index is 0.420. The molecule has 0 bridgehead atoms. The molecule has 2 N–H and O–H groups in total. The van der Waals surface area contributed by atoms with Gasteiger partial charge in [0.05, 0.1) is 11.7 Å². The van der Waals surface area contributed by atoms with Crippen molar-refractivity contribution in [2.75, 3.05) is 13.1 Å². The van der Waals surface area contributed by atoms with E-state index in [0.717, 1.165) is 19.5 Å². The third-order valence-electron chi connectivity index (χ3n) is 2.94. The molecule has 0 aromatic carbocycles. The van der Waals surface area contributed by atoms with Gasteiger partial charge >= 0.3 is 0 Å². The first kappa shape index (κ1) is 10.6. The molecule has 1 aliphatic heterocycles. The maximum Gasteiger partial charge on any atom is 0.0573 e. The van der Waals surface area contributed by atoms with Crippen molar-refractivity contribution in [1.82, 2.24) is 15.6 Å². The minimum Gasteiger partial charge on any atom is -0.314 e. The minimum atomic E-state index is 0.420. The van der Waals surface area contributed by atoms with Gasteiger partial charge in [0.1, 0.15) is 0 Å². The Balaban J connectivity index is 1.98. The zero-order chi connectivity index (χ0) is 10.5. The molecule has 0 aliphatic carbocycles. The van der Waals surface area contributed by atoms with E-state index in [1.54, 1.807) is 0 Å². The second kappa shape index (κ2) is 5.24. The van der Waals surface area contributed by atoms with Crippen LogP contribution in [-0.4, -0.2) is 24.1 Å². The summed E-state index contributed by atoms with van der Waals surface area (Å²) in [5, 5.41) is 7.04. The Bertz CT molecular complexity index is 284. The van der Waals surface area contributed by atoms with Crippen molar-refractivity contribution in [3.8, 4) is 0 Å². The van der Waals surface area contributed by atoms with Crippen LogP contribution in [0, 0.1) is 0 Å².